The molecule has 1 aromatic heterocycles. The second-order valence-electron chi connectivity index (χ2n) is 7.51. The molecule has 4 rings (SSSR count). The fourth-order valence-corrected chi connectivity index (χ4v) is 5.25. The second kappa shape index (κ2) is 9.09. The minimum atomic E-state index is -3.68. The van der Waals surface area contributed by atoms with Crippen LogP contribution in [0.4, 0.5) is 5.69 Å². The number of carbonyl (C=O) groups excluding carboxylic acids is 2. The van der Waals surface area contributed by atoms with Crippen molar-refractivity contribution >= 4 is 49.8 Å². The minimum absolute atomic E-state index is 0.0887. The van der Waals surface area contributed by atoms with E-state index in [0.717, 1.165) is 0 Å². The Morgan fingerprint density at radius 1 is 0.939 bits per heavy atom. The van der Waals surface area contributed by atoms with E-state index < -0.39 is 15.7 Å². The highest BCUT2D eigenvalue weighted by Crippen LogP contribution is 2.28. The van der Waals surface area contributed by atoms with E-state index >= 15 is 0 Å². The molecular formula is C24H20ClN3O4S. The van der Waals surface area contributed by atoms with Crippen LogP contribution >= 0.6 is 11.6 Å². The Kier molecular flexibility index (Phi) is 6.22. The number of para-hydroxylation sites is 1. The van der Waals surface area contributed by atoms with Gasteiger partial charge in [-0.2, -0.15) is 0 Å². The molecule has 7 nitrogen and oxygen atoms in total. The van der Waals surface area contributed by atoms with Gasteiger partial charge in [0.1, 0.15) is 6.54 Å². The standard InChI is InChI=1S/C24H20ClN3O4S/c25-18-9-5-16(6-10-18)15-33(31,32)22-13-28(21-4-2-1-3-20(21)22)14-23(29)27-19-11-7-17(8-12-19)24(26)30/h1-13H,14-15H2,(H2,26,30)(H,27,29). The SMILES string of the molecule is NC(=O)c1ccc(NC(=O)Cn2cc(S(=O)(=O)Cc3ccc(Cl)cc3)c3ccccc32)cc1. The van der Waals surface area contributed by atoms with E-state index in [4.69, 9.17) is 17.3 Å². The van der Waals surface area contributed by atoms with Crippen molar-refractivity contribution in [2.75, 3.05) is 5.32 Å². The minimum Gasteiger partial charge on any atom is -0.366 e. The van der Waals surface area contributed by atoms with E-state index in [2.05, 4.69) is 5.32 Å². The van der Waals surface area contributed by atoms with Crippen LogP contribution in [0.25, 0.3) is 10.9 Å². The number of rotatable bonds is 7. The van der Waals surface area contributed by atoms with Crippen molar-refractivity contribution in [1.29, 1.82) is 0 Å². The monoisotopic (exact) mass is 481 g/mol. The maximum absolute atomic E-state index is 13.2. The molecule has 3 N–H and O–H groups in total. The van der Waals surface area contributed by atoms with E-state index in [9.17, 15) is 18.0 Å². The van der Waals surface area contributed by atoms with E-state index in [1.165, 1.54) is 18.3 Å². The lowest BCUT2D eigenvalue weighted by atomic mass is 10.2. The summed E-state index contributed by atoms with van der Waals surface area (Å²) in [6, 6.07) is 19.9. The Morgan fingerprint density at radius 2 is 1.61 bits per heavy atom. The van der Waals surface area contributed by atoms with Gasteiger partial charge < -0.3 is 15.6 Å². The summed E-state index contributed by atoms with van der Waals surface area (Å²) in [5, 5.41) is 3.82. The Balaban J connectivity index is 1.59. The summed E-state index contributed by atoms with van der Waals surface area (Å²) in [5.74, 6) is -1.08. The second-order valence-corrected chi connectivity index (χ2v) is 9.91. The molecule has 0 fully saturated rings. The molecule has 33 heavy (non-hydrogen) atoms. The molecule has 2 amide bonds. The van der Waals surface area contributed by atoms with Gasteiger partial charge in [0.25, 0.3) is 0 Å². The molecule has 0 saturated carbocycles. The molecule has 0 radical (unpaired) electrons. The van der Waals surface area contributed by atoms with Crippen LogP contribution in [0.3, 0.4) is 0 Å². The number of halogens is 1. The lowest BCUT2D eigenvalue weighted by Crippen LogP contribution is -2.18. The zero-order valence-electron chi connectivity index (χ0n) is 17.4. The average molecular weight is 482 g/mol. The number of nitrogens with zero attached hydrogens (tertiary/aromatic N) is 1. The molecule has 0 aliphatic rings. The number of nitrogens with two attached hydrogens (primary N) is 1. The first kappa shape index (κ1) is 22.6. The number of amides is 2. The summed E-state index contributed by atoms with van der Waals surface area (Å²) < 4.78 is 28.0. The maximum Gasteiger partial charge on any atom is 0.248 e. The third-order valence-corrected chi connectivity index (χ3v) is 7.08. The van der Waals surface area contributed by atoms with Gasteiger partial charge in [-0.25, -0.2) is 8.42 Å². The predicted molar refractivity (Wildman–Crippen MR) is 128 cm³/mol. The van der Waals surface area contributed by atoms with Gasteiger partial charge in [0.15, 0.2) is 9.84 Å². The van der Waals surface area contributed by atoms with Crippen LogP contribution in [0.2, 0.25) is 5.02 Å². The largest absolute Gasteiger partial charge is 0.366 e. The van der Waals surface area contributed by atoms with Crippen LogP contribution in [0.15, 0.2) is 83.9 Å². The highest BCUT2D eigenvalue weighted by atomic mass is 35.5. The van der Waals surface area contributed by atoms with E-state index in [1.807, 2.05) is 0 Å². The number of nitrogens with one attached hydrogen (secondary N) is 1. The predicted octanol–water partition coefficient (Wildman–Crippen LogP) is 4.01. The number of hydrogen-bond acceptors (Lipinski definition) is 4. The number of sulfone groups is 1. The molecule has 9 heteroatoms. The van der Waals surface area contributed by atoms with Crippen molar-refractivity contribution in [3.05, 3.63) is 95.1 Å². The van der Waals surface area contributed by atoms with Gasteiger partial charge in [0.05, 0.1) is 10.6 Å². The molecule has 0 unspecified atom stereocenters. The lowest BCUT2D eigenvalue weighted by molar-refractivity contribution is -0.116. The first-order chi connectivity index (χ1) is 15.7. The van der Waals surface area contributed by atoms with Gasteiger partial charge in [0.2, 0.25) is 11.8 Å². The number of carbonyl (C=O) groups is 2. The topological polar surface area (TPSA) is 111 Å². The average Bonchev–Trinajstić information content (AvgIpc) is 3.15. The van der Waals surface area contributed by atoms with E-state index in [0.29, 0.717) is 32.7 Å². The number of hydrogen-bond donors (Lipinski definition) is 2. The van der Waals surface area contributed by atoms with Crippen LogP contribution in [0, 0.1) is 0 Å². The number of fused-ring (bicyclic) bond motifs is 1. The summed E-state index contributed by atoms with van der Waals surface area (Å²) in [6.07, 6.45) is 1.49. The highest BCUT2D eigenvalue weighted by molar-refractivity contribution is 7.90. The van der Waals surface area contributed by atoms with Crippen molar-refractivity contribution < 1.29 is 18.0 Å². The number of aromatic nitrogens is 1. The molecule has 4 aromatic rings. The van der Waals surface area contributed by atoms with E-state index in [-0.39, 0.29) is 23.1 Å². The molecule has 0 spiro atoms. The third-order valence-electron chi connectivity index (χ3n) is 5.12. The summed E-state index contributed by atoms with van der Waals surface area (Å²) in [4.78, 5) is 24.0. The molecular weight excluding hydrogens is 462 g/mol. The summed E-state index contributed by atoms with van der Waals surface area (Å²) in [7, 11) is -3.68. The highest BCUT2D eigenvalue weighted by Gasteiger charge is 2.22. The molecule has 0 saturated heterocycles. The van der Waals surface area contributed by atoms with Gasteiger partial charge in [-0.15, -0.1) is 0 Å². The van der Waals surface area contributed by atoms with Gasteiger partial charge in [-0.05, 0) is 48.0 Å². The fraction of sp³-hybridized carbons (Fsp3) is 0.0833. The fourth-order valence-electron chi connectivity index (χ4n) is 3.54. The zero-order chi connectivity index (χ0) is 23.6. The Bertz CT molecular complexity index is 1440. The molecule has 0 bridgehead atoms. The Hall–Kier alpha value is -3.62. The van der Waals surface area contributed by atoms with Crippen LogP contribution in [0.5, 0.6) is 0 Å². The molecule has 0 atom stereocenters. The van der Waals surface area contributed by atoms with Gasteiger partial charge in [-0.1, -0.05) is 41.9 Å². The summed E-state index contributed by atoms with van der Waals surface area (Å²) >= 11 is 5.90. The van der Waals surface area contributed by atoms with Gasteiger partial charge in [0, 0.05) is 33.4 Å². The maximum atomic E-state index is 13.2. The van der Waals surface area contributed by atoms with Crippen molar-refractivity contribution in [3.8, 4) is 0 Å². The first-order valence-corrected chi connectivity index (χ1v) is 12.0. The van der Waals surface area contributed by atoms with Crippen LogP contribution in [-0.2, 0) is 26.9 Å². The van der Waals surface area contributed by atoms with Crippen molar-refractivity contribution in [3.63, 3.8) is 0 Å². The van der Waals surface area contributed by atoms with E-state index in [1.54, 1.807) is 65.2 Å². The molecule has 0 aliphatic carbocycles. The molecule has 3 aromatic carbocycles. The summed E-state index contributed by atoms with van der Waals surface area (Å²) in [6.45, 7) is -0.0887. The van der Waals surface area contributed by atoms with Crippen molar-refractivity contribution in [2.45, 2.75) is 17.2 Å². The zero-order valence-corrected chi connectivity index (χ0v) is 18.9. The quantitative estimate of drug-likeness (QED) is 0.415. The van der Waals surface area contributed by atoms with Crippen molar-refractivity contribution in [2.24, 2.45) is 5.73 Å². The molecule has 168 valence electrons. The Labute approximate surface area is 195 Å². The van der Waals surface area contributed by atoms with Crippen LogP contribution in [-0.4, -0.2) is 24.8 Å². The molecule has 0 aliphatic heterocycles. The first-order valence-electron chi connectivity index (χ1n) is 9.98. The van der Waals surface area contributed by atoms with Crippen LogP contribution in [0.1, 0.15) is 15.9 Å². The number of primary amides is 1. The van der Waals surface area contributed by atoms with Gasteiger partial charge >= 0.3 is 0 Å². The number of anilines is 1. The smallest absolute Gasteiger partial charge is 0.248 e. The third kappa shape index (κ3) is 5.08. The Morgan fingerprint density at radius 3 is 2.27 bits per heavy atom. The normalized spacial score (nSPS) is 11.4. The lowest BCUT2D eigenvalue weighted by Gasteiger charge is -2.08. The number of benzene rings is 3. The molecule has 1 heterocycles. The van der Waals surface area contributed by atoms with Crippen LogP contribution < -0.4 is 11.1 Å². The van der Waals surface area contributed by atoms with Gasteiger partial charge in [-0.3, -0.25) is 9.59 Å². The van der Waals surface area contributed by atoms with Crippen molar-refractivity contribution in [1.82, 2.24) is 4.57 Å². The summed E-state index contributed by atoms with van der Waals surface area (Å²) in [5.41, 5.74) is 7.31.